The molecule has 0 N–H and O–H groups in total. The van der Waals surface area contributed by atoms with Gasteiger partial charge in [-0.05, 0) is 36.8 Å². The lowest BCUT2D eigenvalue weighted by Crippen LogP contribution is -2.32. The van der Waals surface area contributed by atoms with Crippen molar-refractivity contribution in [1.29, 1.82) is 0 Å². The molecular formula is C23H21NO6S2. The number of rotatable bonds is 8. The van der Waals surface area contributed by atoms with Crippen LogP contribution in [0.5, 0.6) is 0 Å². The van der Waals surface area contributed by atoms with Gasteiger partial charge in [0.1, 0.15) is 0 Å². The summed E-state index contributed by atoms with van der Waals surface area (Å²) < 4.78 is 51.4. The second-order valence-electron chi connectivity index (χ2n) is 7.15. The Morgan fingerprint density at radius 2 is 1.25 bits per heavy atom. The molecule has 0 saturated carbocycles. The zero-order valence-electron chi connectivity index (χ0n) is 17.2. The van der Waals surface area contributed by atoms with E-state index in [9.17, 15) is 26.9 Å². The lowest BCUT2D eigenvalue weighted by atomic mass is 10.1. The molecule has 0 aromatic heterocycles. The summed E-state index contributed by atoms with van der Waals surface area (Å²) in [6, 6.07) is 21.0. The molecule has 7 nitrogen and oxygen atoms in total. The normalized spacial score (nSPS) is 12.6. The van der Waals surface area contributed by atoms with Crippen LogP contribution in [0.25, 0.3) is 6.08 Å². The van der Waals surface area contributed by atoms with Gasteiger partial charge in [-0.2, -0.15) is 0 Å². The zero-order valence-corrected chi connectivity index (χ0v) is 18.8. The molecule has 0 bridgehead atoms. The lowest BCUT2D eigenvalue weighted by Gasteiger charge is -2.18. The summed E-state index contributed by atoms with van der Waals surface area (Å²) in [5, 5.41) is 11.8. The van der Waals surface area contributed by atoms with Crippen LogP contribution in [0.3, 0.4) is 0 Å². The van der Waals surface area contributed by atoms with E-state index in [1.54, 1.807) is 36.4 Å². The number of hydrogen-bond donors (Lipinski definition) is 0. The molecule has 0 amide bonds. The average molecular weight is 472 g/mol. The Bertz CT molecular complexity index is 1260. The van der Waals surface area contributed by atoms with E-state index >= 15 is 0 Å². The minimum Gasteiger partial charge on any atom is -0.259 e. The van der Waals surface area contributed by atoms with Gasteiger partial charge in [0, 0.05) is 6.08 Å². The molecule has 0 heterocycles. The predicted molar refractivity (Wildman–Crippen MR) is 122 cm³/mol. The summed E-state index contributed by atoms with van der Waals surface area (Å²) in [4.78, 5) is 10.6. The molecule has 0 aliphatic heterocycles. The van der Waals surface area contributed by atoms with Gasteiger partial charge in [0.15, 0.2) is 24.3 Å². The van der Waals surface area contributed by atoms with Crippen molar-refractivity contribution in [1.82, 2.24) is 0 Å². The summed E-state index contributed by atoms with van der Waals surface area (Å²) in [5.41, 5.74) is 0.897. The maximum absolute atomic E-state index is 13.4. The van der Waals surface area contributed by atoms with Gasteiger partial charge in [0.2, 0.25) is 5.70 Å². The third-order valence-electron chi connectivity index (χ3n) is 4.86. The number of allylic oxidation sites excluding steroid dienone is 1. The van der Waals surface area contributed by atoms with Crippen molar-refractivity contribution >= 4 is 25.8 Å². The van der Waals surface area contributed by atoms with Crippen molar-refractivity contribution < 1.29 is 21.8 Å². The topological polar surface area (TPSA) is 111 Å². The molecule has 3 aromatic carbocycles. The van der Waals surface area contributed by atoms with Crippen molar-refractivity contribution in [3.63, 3.8) is 0 Å². The monoisotopic (exact) mass is 471 g/mol. The first-order chi connectivity index (χ1) is 15.1. The van der Waals surface area contributed by atoms with Crippen molar-refractivity contribution in [3.8, 4) is 0 Å². The van der Waals surface area contributed by atoms with Gasteiger partial charge >= 0.3 is 0 Å². The maximum atomic E-state index is 13.4. The van der Waals surface area contributed by atoms with E-state index in [2.05, 4.69) is 0 Å². The van der Waals surface area contributed by atoms with Crippen molar-refractivity contribution in [2.24, 2.45) is 0 Å². The fourth-order valence-electron chi connectivity index (χ4n) is 3.12. The van der Waals surface area contributed by atoms with Crippen LogP contribution in [0.4, 0.5) is 0 Å². The van der Waals surface area contributed by atoms with Gasteiger partial charge < -0.3 is 0 Å². The minimum absolute atomic E-state index is 0.220. The first kappa shape index (κ1) is 23.4. The molecule has 3 aromatic rings. The SMILES string of the molecule is Cc1ccc(/C=C(\CC(S(=O)(=O)c2ccccc2)S(=O)(=O)c2ccccc2)[N+](=O)[O-])cc1. The molecule has 0 unspecified atom stereocenters. The standard InChI is InChI=1S/C23H21NO6S2/c1-18-12-14-19(15-13-18)16-20(24(25)26)17-23(31(27,28)21-8-4-2-5-9-21)32(29,30)22-10-6-3-7-11-22/h2-16,23H,17H2,1H3/b20-16+. The molecule has 32 heavy (non-hydrogen) atoms. The molecule has 3 rings (SSSR count). The van der Waals surface area contributed by atoms with Crippen molar-refractivity contribution in [3.05, 3.63) is 112 Å². The first-order valence-electron chi connectivity index (χ1n) is 9.62. The molecule has 166 valence electrons. The Morgan fingerprint density at radius 1 is 0.812 bits per heavy atom. The Morgan fingerprint density at radius 3 is 1.66 bits per heavy atom. The molecule has 0 fully saturated rings. The van der Waals surface area contributed by atoms with E-state index in [1.807, 2.05) is 6.92 Å². The van der Waals surface area contributed by atoms with Crippen molar-refractivity contribution in [2.75, 3.05) is 0 Å². The Labute approximate surface area is 187 Å². The third kappa shape index (κ3) is 5.12. The van der Waals surface area contributed by atoms with Crippen LogP contribution in [0.15, 0.2) is 100 Å². The highest BCUT2D eigenvalue weighted by molar-refractivity contribution is 8.09. The lowest BCUT2D eigenvalue weighted by molar-refractivity contribution is -0.425. The van der Waals surface area contributed by atoms with Crippen LogP contribution in [0, 0.1) is 17.0 Å². The fourth-order valence-corrected chi connectivity index (χ4v) is 7.58. The summed E-state index contributed by atoms with van der Waals surface area (Å²) >= 11 is 0. The molecule has 9 heteroatoms. The summed E-state index contributed by atoms with van der Waals surface area (Å²) in [6.45, 7) is 1.86. The van der Waals surface area contributed by atoms with Crippen LogP contribution in [0.1, 0.15) is 17.5 Å². The highest BCUT2D eigenvalue weighted by Crippen LogP contribution is 2.31. The smallest absolute Gasteiger partial charge is 0.249 e. The molecule has 0 aliphatic carbocycles. The van der Waals surface area contributed by atoms with Crippen molar-refractivity contribution in [2.45, 2.75) is 27.7 Å². The molecule has 0 spiro atoms. The first-order valence-corrected chi connectivity index (χ1v) is 12.7. The van der Waals surface area contributed by atoms with Gasteiger partial charge in [-0.3, -0.25) is 10.1 Å². The van der Waals surface area contributed by atoms with Crippen LogP contribution in [0.2, 0.25) is 0 Å². The maximum Gasteiger partial charge on any atom is 0.249 e. The van der Waals surface area contributed by atoms with Gasteiger partial charge in [0.05, 0.1) is 21.1 Å². The minimum atomic E-state index is -4.47. The van der Waals surface area contributed by atoms with E-state index < -0.39 is 41.3 Å². The highest BCUT2D eigenvalue weighted by atomic mass is 32.3. The highest BCUT2D eigenvalue weighted by Gasteiger charge is 2.42. The van der Waals surface area contributed by atoms with E-state index in [-0.39, 0.29) is 9.79 Å². The summed E-state index contributed by atoms with van der Waals surface area (Å²) in [7, 11) is -8.94. The Hall–Kier alpha value is -3.30. The average Bonchev–Trinajstić information content (AvgIpc) is 2.78. The van der Waals surface area contributed by atoms with E-state index in [0.717, 1.165) is 5.56 Å². The fraction of sp³-hybridized carbons (Fsp3) is 0.130. The molecular weight excluding hydrogens is 450 g/mol. The predicted octanol–water partition coefficient (Wildman–Crippen LogP) is 4.28. The number of nitro groups is 1. The van der Waals surface area contributed by atoms with E-state index in [4.69, 9.17) is 0 Å². The van der Waals surface area contributed by atoms with Gasteiger partial charge in [-0.1, -0.05) is 66.2 Å². The van der Waals surface area contributed by atoms with E-state index in [1.165, 1.54) is 54.6 Å². The number of aryl methyl sites for hydroxylation is 1. The number of sulfone groups is 2. The van der Waals surface area contributed by atoms with Crippen LogP contribution >= 0.6 is 0 Å². The largest absolute Gasteiger partial charge is 0.259 e. The second-order valence-corrected chi connectivity index (χ2v) is 11.7. The zero-order chi connectivity index (χ0) is 23.4. The molecule has 0 aliphatic rings. The third-order valence-corrected chi connectivity index (χ3v) is 9.95. The number of nitrogens with zero attached hydrogens (tertiary/aromatic N) is 1. The molecule has 0 atom stereocenters. The number of benzene rings is 3. The van der Waals surface area contributed by atoms with Gasteiger partial charge in [-0.25, -0.2) is 16.8 Å². The van der Waals surface area contributed by atoms with Gasteiger partial charge in [0.25, 0.3) is 0 Å². The van der Waals surface area contributed by atoms with Crippen LogP contribution < -0.4 is 0 Å². The van der Waals surface area contributed by atoms with E-state index in [0.29, 0.717) is 5.56 Å². The summed E-state index contributed by atoms with van der Waals surface area (Å²) in [6.07, 6.45) is 0.392. The Balaban J connectivity index is 2.16. The molecule has 0 saturated heterocycles. The summed E-state index contributed by atoms with van der Waals surface area (Å²) in [5.74, 6) is 0. The van der Waals surface area contributed by atoms with Gasteiger partial charge in [-0.15, -0.1) is 0 Å². The second kappa shape index (κ2) is 9.46. The quantitative estimate of drug-likeness (QED) is 0.358. The number of hydrogen-bond acceptors (Lipinski definition) is 6. The Kier molecular flexibility index (Phi) is 6.90. The molecule has 0 radical (unpaired) electrons. The van der Waals surface area contributed by atoms with Crippen LogP contribution in [-0.4, -0.2) is 26.3 Å². The van der Waals surface area contributed by atoms with Crippen LogP contribution in [-0.2, 0) is 19.7 Å².